The smallest absolute Gasteiger partial charge is 0.323 e. The second-order valence-corrected chi connectivity index (χ2v) is 2.55. The second kappa shape index (κ2) is 2.40. The van der Waals surface area contributed by atoms with E-state index in [1.807, 2.05) is 0 Å². The molecule has 0 fully saturated rings. The minimum atomic E-state index is -4.01. The Morgan fingerprint density at radius 3 is 2.14 bits per heavy atom. The highest BCUT2D eigenvalue weighted by Crippen LogP contribution is 2.32. The van der Waals surface area contributed by atoms with Crippen LogP contribution in [0.15, 0.2) is 0 Å². The lowest BCUT2D eigenvalue weighted by Gasteiger charge is -1.97. The van der Waals surface area contributed by atoms with Crippen LogP contribution in [0, 0.1) is 0 Å². The molecule has 6 heteroatoms. The molecule has 0 aromatic heterocycles. The molecule has 0 rings (SSSR count). The fourth-order valence-corrected chi connectivity index (χ4v) is 0.291. The zero-order valence-electron chi connectivity index (χ0n) is 3.44. The fraction of sp³-hybridized carbons (Fsp3) is 1.00. The topological polar surface area (TPSA) is 92.8 Å². The van der Waals surface area contributed by atoms with Crippen molar-refractivity contribution in [3.05, 3.63) is 0 Å². The maximum Gasteiger partial charge on any atom is 0.353 e. The fourth-order valence-electron chi connectivity index (χ4n) is 0.0971. The summed E-state index contributed by atoms with van der Waals surface area (Å²) in [6.07, 6.45) is -0.715. The Morgan fingerprint density at radius 2 is 2.14 bits per heavy atom. The average molecular weight is 127 g/mol. The molecule has 7 heavy (non-hydrogen) atoms. The van der Waals surface area contributed by atoms with Crippen molar-refractivity contribution in [2.24, 2.45) is 5.90 Å². The molecule has 0 bridgehead atoms. The molecule has 4 N–H and O–H groups in total. The van der Waals surface area contributed by atoms with Gasteiger partial charge in [0.05, 0.1) is 0 Å². The Hall–Kier alpha value is 0.0700. The summed E-state index contributed by atoms with van der Waals surface area (Å²) in [4.78, 5) is 19.5. The highest BCUT2D eigenvalue weighted by atomic mass is 31.2. The number of hydrogen-bond donors (Lipinski definition) is 3. The van der Waals surface area contributed by atoms with Crippen LogP contribution in [0.5, 0.6) is 0 Å². The zero-order chi connectivity index (χ0) is 5.91. The molecule has 0 heterocycles. The molecule has 0 atom stereocenters. The van der Waals surface area contributed by atoms with E-state index in [1.54, 1.807) is 0 Å². The standard InChI is InChI=1S/CH6NO4P/c2-6-1-7(3,4)5/h1-2H2,(H2,3,4,5). The van der Waals surface area contributed by atoms with Gasteiger partial charge in [-0.25, -0.2) is 5.90 Å². The van der Waals surface area contributed by atoms with Crippen molar-refractivity contribution >= 4 is 7.60 Å². The van der Waals surface area contributed by atoms with E-state index in [-0.39, 0.29) is 0 Å². The minimum Gasteiger partial charge on any atom is -0.323 e. The van der Waals surface area contributed by atoms with E-state index in [0.717, 1.165) is 0 Å². The van der Waals surface area contributed by atoms with E-state index < -0.39 is 13.9 Å². The van der Waals surface area contributed by atoms with Crippen LogP contribution in [0.25, 0.3) is 0 Å². The number of rotatable bonds is 2. The number of hydrogen-bond acceptors (Lipinski definition) is 3. The van der Waals surface area contributed by atoms with E-state index in [9.17, 15) is 4.57 Å². The summed E-state index contributed by atoms with van der Waals surface area (Å²) in [5, 5.41) is 0. The lowest BCUT2D eigenvalue weighted by Crippen LogP contribution is -2.00. The molecule has 0 aliphatic heterocycles. The van der Waals surface area contributed by atoms with E-state index >= 15 is 0 Å². The molecule has 0 saturated heterocycles. The van der Waals surface area contributed by atoms with Crippen molar-refractivity contribution in [1.82, 2.24) is 0 Å². The Morgan fingerprint density at radius 1 is 1.71 bits per heavy atom. The monoisotopic (exact) mass is 127 g/mol. The van der Waals surface area contributed by atoms with Gasteiger partial charge in [0.1, 0.15) is 0 Å². The van der Waals surface area contributed by atoms with Crippen molar-refractivity contribution in [3.8, 4) is 0 Å². The van der Waals surface area contributed by atoms with Gasteiger partial charge in [0.25, 0.3) is 0 Å². The van der Waals surface area contributed by atoms with Gasteiger partial charge in [-0.3, -0.25) is 9.40 Å². The van der Waals surface area contributed by atoms with Crippen LogP contribution in [0.2, 0.25) is 0 Å². The number of nitrogens with two attached hydrogens (primary N) is 1. The van der Waals surface area contributed by atoms with Crippen LogP contribution < -0.4 is 5.90 Å². The van der Waals surface area contributed by atoms with Gasteiger partial charge < -0.3 is 9.79 Å². The summed E-state index contributed by atoms with van der Waals surface area (Å²) < 4.78 is 9.72. The molecule has 0 radical (unpaired) electrons. The first-order valence-electron chi connectivity index (χ1n) is 1.42. The molecule has 0 aliphatic carbocycles. The van der Waals surface area contributed by atoms with Crippen LogP contribution >= 0.6 is 7.60 Å². The normalized spacial score (nSPS) is 11.9. The summed E-state index contributed by atoms with van der Waals surface area (Å²) in [6, 6.07) is 0. The van der Waals surface area contributed by atoms with Crippen molar-refractivity contribution in [1.29, 1.82) is 0 Å². The molecule has 0 spiro atoms. The molecular formula is CH6NO4P. The summed E-state index contributed by atoms with van der Waals surface area (Å²) in [5.41, 5.74) is 0. The average Bonchev–Trinajstić information content (AvgIpc) is 1.30. The molecule has 0 saturated carbocycles. The summed E-state index contributed by atoms with van der Waals surface area (Å²) in [7, 11) is -4.01. The van der Waals surface area contributed by atoms with Crippen LogP contribution in [-0.2, 0) is 9.40 Å². The largest absolute Gasteiger partial charge is 0.353 e. The summed E-state index contributed by atoms with van der Waals surface area (Å²) in [6.45, 7) is 0. The summed E-state index contributed by atoms with van der Waals surface area (Å²) >= 11 is 0. The SMILES string of the molecule is NOCP(=O)(O)O. The molecule has 0 aliphatic rings. The first-order chi connectivity index (χ1) is 3.06. The van der Waals surface area contributed by atoms with E-state index in [4.69, 9.17) is 9.79 Å². The highest BCUT2D eigenvalue weighted by molar-refractivity contribution is 7.51. The van der Waals surface area contributed by atoms with Gasteiger partial charge in [0, 0.05) is 0 Å². The van der Waals surface area contributed by atoms with Crippen molar-refractivity contribution < 1.29 is 19.2 Å². The minimum absolute atomic E-state index is 0.715. The third-order valence-corrected chi connectivity index (χ3v) is 0.728. The van der Waals surface area contributed by atoms with Crippen LogP contribution in [0.3, 0.4) is 0 Å². The lowest BCUT2D eigenvalue weighted by atomic mass is 11.7. The van der Waals surface area contributed by atoms with Crippen molar-refractivity contribution in [2.45, 2.75) is 0 Å². The molecular weight excluding hydrogens is 121 g/mol. The molecule has 0 amide bonds. The Bertz CT molecular complexity index is 85.7. The second-order valence-electron chi connectivity index (χ2n) is 0.960. The quantitative estimate of drug-likeness (QED) is 0.327. The van der Waals surface area contributed by atoms with Gasteiger partial charge in [-0.1, -0.05) is 0 Å². The van der Waals surface area contributed by atoms with E-state index in [2.05, 4.69) is 10.7 Å². The first-order valence-corrected chi connectivity index (χ1v) is 3.22. The third-order valence-electron chi connectivity index (χ3n) is 0.243. The van der Waals surface area contributed by atoms with Gasteiger partial charge >= 0.3 is 7.60 Å². The van der Waals surface area contributed by atoms with Gasteiger partial charge in [-0.2, -0.15) is 0 Å². The highest BCUT2D eigenvalue weighted by Gasteiger charge is 2.10. The first kappa shape index (κ1) is 7.07. The van der Waals surface area contributed by atoms with Gasteiger partial charge in [-0.05, 0) is 0 Å². The Labute approximate surface area is 40.2 Å². The van der Waals surface area contributed by atoms with Gasteiger partial charge in [-0.15, -0.1) is 0 Å². The Kier molecular flexibility index (Phi) is 2.42. The van der Waals surface area contributed by atoms with E-state index in [0.29, 0.717) is 0 Å². The Balaban J connectivity index is 3.36. The molecule has 0 aromatic rings. The molecule has 44 valence electrons. The van der Waals surface area contributed by atoms with Crippen LogP contribution in [0.1, 0.15) is 0 Å². The molecule has 5 nitrogen and oxygen atoms in total. The maximum atomic E-state index is 9.72. The zero-order valence-corrected chi connectivity index (χ0v) is 4.34. The predicted octanol–water partition coefficient (Wildman–Crippen LogP) is -0.988. The summed E-state index contributed by atoms with van der Waals surface area (Å²) in [5.74, 6) is 4.32. The van der Waals surface area contributed by atoms with Crippen molar-refractivity contribution in [3.63, 3.8) is 0 Å². The van der Waals surface area contributed by atoms with Gasteiger partial charge in [0.2, 0.25) is 0 Å². The maximum absolute atomic E-state index is 9.72. The van der Waals surface area contributed by atoms with Crippen LogP contribution in [0.4, 0.5) is 0 Å². The third kappa shape index (κ3) is 6.07. The molecule has 0 unspecified atom stereocenters. The van der Waals surface area contributed by atoms with Crippen LogP contribution in [-0.4, -0.2) is 16.1 Å². The van der Waals surface area contributed by atoms with Crippen molar-refractivity contribution in [2.75, 3.05) is 6.35 Å². The van der Waals surface area contributed by atoms with Gasteiger partial charge in [0.15, 0.2) is 6.35 Å². The lowest BCUT2D eigenvalue weighted by molar-refractivity contribution is 0.162. The van der Waals surface area contributed by atoms with E-state index in [1.165, 1.54) is 0 Å². The molecule has 0 aromatic carbocycles. The predicted molar refractivity (Wildman–Crippen MR) is 22.2 cm³/mol.